The number of sulfonamides is 1. The fourth-order valence-corrected chi connectivity index (χ4v) is 3.43. The van der Waals surface area contributed by atoms with Gasteiger partial charge in [-0.05, 0) is 44.0 Å². The number of nitrogen functional groups attached to an aromatic ring is 1. The smallest absolute Gasteiger partial charge is 0.240 e. The maximum Gasteiger partial charge on any atom is 0.240 e. The number of anilines is 2. The first-order valence-corrected chi connectivity index (χ1v) is 8.52. The molecule has 1 fully saturated rings. The number of rotatable bonds is 4. The van der Waals surface area contributed by atoms with Gasteiger partial charge in [0.2, 0.25) is 10.0 Å². The zero-order valence-electron chi connectivity index (χ0n) is 12.0. The summed E-state index contributed by atoms with van der Waals surface area (Å²) < 4.78 is 26.0. The van der Waals surface area contributed by atoms with Crippen molar-refractivity contribution in [3.8, 4) is 0 Å². The topological polar surface area (TPSA) is 84.2 Å². The largest absolute Gasteiger partial charge is 0.397 e. The van der Waals surface area contributed by atoms with Crippen molar-refractivity contribution in [2.24, 2.45) is 5.92 Å². The molecule has 2 unspecified atom stereocenters. The summed E-state index contributed by atoms with van der Waals surface area (Å²) in [6.45, 7) is 2.22. The summed E-state index contributed by atoms with van der Waals surface area (Å²) in [5.74, 6) is 0.577. The molecular weight excluding hydrogens is 274 g/mol. The van der Waals surface area contributed by atoms with Crippen LogP contribution in [0.1, 0.15) is 32.6 Å². The second kappa shape index (κ2) is 6.01. The van der Waals surface area contributed by atoms with Gasteiger partial charge in [0, 0.05) is 6.04 Å². The Morgan fingerprint density at radius 3 is 2.60 bits per heavy atom. The molecule has 1 aliphatic rings. The Kier molecular flexibility index (Phi) is 4.55. The van der Waals surface area contributed by atoms with Crippen molar-refractivity contribution in [2.45, 2.75) is 43.5 Å². The third-order valence-corrected chi connectivity index (χ3v) is 5.47. The average molecular weight is 297 g/mol. The number of hydrogen-bond donors (Lipinski definition) is 3. The maximum absolute atomic E-state index is 11.8. The van der Waals surface area contributed by atoms with Gasteiger partial charge in [0.05, 0.1) is 16.3 Å². The Morgan fingerprint density at radius 1 is 1.25 bits per heavy atom. The van der Waals surface area contributed by atoms with E-state index < -0.39 is 10.0 Å². The van der Waals surface area contributed by atoms with E-state index >= 15 is 0 Å². The van der Waals surface area contributed by atoms with Gasteiger partial charge >= 0.3 is 0 Å². The molecule has 20 heavy (non-hydrogen) atoms. The first-order chi connectivity index (χ1) is 9.44. The Morgan fingerprint density at radius 2 is 1.95 bits per heavy atom. The predicted octanol–water partition coefficient (Wildman–Crippen LogP) is 2.17. The molecule has 2 atom stereocenters. The predicted molar refractivity (Wildman–Crippen MR) is 82.1 cm³/mol. The molecule has 1 aromatic rings. The van der Waals surface area contributed by atoms with Crippen LogP contribution in [0.15, 0.2) is 23.1 Å². The summed E-state index contributed by atoms with van der Waals surface area (Å²) >= 11 is 0. The van der Waals surface area contributed by atoms with E-state index in [4.69, 9.17) is 5.73 Å². The summed E-state index contributed by atoms with van der Waals surface area (Å²) in [5, 5.41) is 3.42. The van der Waals surface area contributed by atoms with Crippen molar-refractivity contribution in [2.75, 3.05) is 18.1 Å². The van der Waals surface area contributed by atoms with Crippen LogP contribution in [0.25, 0.3) is 0 Å². The number of nitrogens with two attached hydrogens (primary N) is 1. The fraction of sp³-hybridized carbons (Fsp3) is 0.571. The quantitative estimate of drug-likeness (QED) is 0.744. The van der Waals surface area contributed by atoms with E-state index in [1.807, 2.05) is 0 Å². The van der Waals surface area contributed by atoms with Crippen molar-refractivity contribution in [1.82, 2.24) is 4.72 Å². The molecule has 0 amide bonds. The summed E-state index contributed by atoms with van der Waals surface area (Å²) in [6, 6.07) is 5.14. The highest BCUT2D eigenvalue weighted by atomic mass is 32.2. The summed E-state index contributed by atoms with van der Waals surface area (Å²) in [7, 11) is -2.03. The molecule has 1 aliphatic carbocycles. The van der Waals surface area contributed by atoms with Gasteiger partial charge in [0.25, 0.3) is 0 Å². The molecule has 1 aromatic carbocycles. The van der Waals surface area contributed by atoms with Crippen molar-refractivity contribution in [1.29, 1.82) is 0 Å². The Bertz CT molecular complexity index is 572. The normalized spacial score (nSPS) is 23.5. The molecule has 0 spiro atoms. The SMILES string of the molecule is CNS(=O)(=O)c1ccc(N)c(NC2CCCCC2C)c1. The number of nitrogens with one attached hydrogen (secondary N) is 2. The fourth-order valence-electron chi connectivity index (χ4n) is 2.68. The molecule has 4 N–H and O–H groups in total. The molecule has 0 aromatic heterocycles. The third kappa shape index (κ3) is 3.24. The van der Waals surface area contributed by atoms with Gasteiger partial charge in [-0.25, -0.2) is 13.1 Å². The van der Waals surface area contributed by atoms with E-state index in [9.17, 15) is 8.42 Å². The van der Waals surface area contributed by atoms with Crippen molar-refractivity contribution >= 4 is 21.4 Å². The minimum atomic E-state index is -3.44. The molecule has 0 saturated heterocycles. The van der Waals surface area contributed by atoms with E-state index in [-0.39, 0.29) is 4.90 Å². The average Bonchev–Trinajstić information content (AvgIpc) is 2.43. The van der Waals surface area contributed by atoms with Crippen LogP contribution in [-0.4, -0.2) is 21.5 Å². The molecule has 0 radical (unpaired) electrons. The minimum absolute atomic E-state index is 0.236. The molecule has 6 heteroatoms. The second-order valence-corrected chi connectivity index (χ2v) is 7.36. The summed E-state index contributed by atoms with van der Waals surface area (Å²) in [4.78, 5) is 0.236. The molecule has 0 bridgehead atoms. The van der Waals surface area contributed by atoms with E-state index in [1.165, 1.54) is 32.4 Å². The first-order valence-electron chi connectivity index (χ1n) is 7.03. The lowest BCUT2D eigenvalue weighted by Gasteiger charge is -2.31. The van der Waals surface area contributed by atoms with Gasteiger partial charge in [0.1, 0.15) is 0 Å². The maximum atomic E-state index is 11.8. The van der Waals surface area contributed by atoms with Gasteiger partial charge in [-0.2, -0.15) is 0 Å². The molecule has 112 valence electrons. The highest BCUT2D eigenvalue weighted by Crippen LogP contribution is 2.30. The molecule has 2 rings (SSSR count). The molecule has 0 aliphatic heterocycles. The van der Waals surface area contributed by atoms with Gasteiger partial charge < -0.3 is 11.1 Å². The molecular formula is C14H23N3O2S. The van der Waals surface area contributed by atoms with Gasteiger partial charge in [-0.1, -0.05) is 19.8 Å². The molecule has 5 nitrogen and oxygen atoms in total. The van der Waals surface area contributed by atoms with Crippen LogP contribution in [0, 0.1) is 5.92 Å². The van der Waals surface area contributed by atoms with Crippen molar-refractivity contribution in [3.63, 3.8) is 0 Å². The van der Waals surface area contributed by atoms with Gasteiger partial charge in [0.15, 0.2) is 0 Å². The third-order valence-electron chi connectivity index (χ3n) is 4.06. The second-order valence-electron chi connectivity index (χ2n) is 5.47. The van der Waals surface area contributed by atoms with E-state index in [0.717, 1.165) is 6.42 Å². The lowest BCUT2D eigenvalue weighted by Crippen LogP contribution is -2.30. The Balaban J connectivity index is 2.25. The number of hydrogen-bond acceptors (Lipinski definition) is 4. The monoisotopic (exact) mass is 297 g/mol. The number of benzene rings is 1. The lowest BCUT2D eigenvalue weighted by molar-refractivity contribution is 0.349. The van der Waals surface area contributed by atoms with Crippen LogP contribution in [-0.2, 0) is 10.0 Å². The van der Waals surface area contributed by atoms with Crippen LogP contribution in [0.5, 0.6) is 0 Å². The van der Waals surface area contributed by atoms with Crippen LogP contribution >= 0.6 is 0 Å². The van der Waals surface area contributed by atoms with Crippen LogP contribution < -0.4 is 15.8 Å². The van der Waals surface area contributed by atoms with E-state index in [2.05, 4.69) is 17.0 Å². The van der Waals surface area contributed by atoms with Crippen LogP contribution in [0.4, 0.5) is 11.4 Å². The lowest BCUT2D eigenvalue weighted by atomic mass is 9.86. The van der Waals surface area contributed by atoms with Gasteiger partial charge in [-0.15, -0.1) is 0 Å². The zero-order chi connectivity index (χ0) is 14.8. The van der Waals surface area contributed by atoms with Crippen molar-refractivity contribution < 1.29 is 8.42 Å². The zero-order valence-corrected chi connectivity index (χ0v) is 12.8. The molecule has 1 saturated carbocycles. The standard InChI is InChI=1S/C14H23N3O2S/c1-10-5-3-4-6-13(10)17-14-9-11(7-8-12(14)15)20(18,19)16-2/h7-10,13,16-17H,3-6,15H2,1-2H3. The Labute approximate surface area is 121 Å². The van der Waals surface area contributed by atoms with Crippen LogP contribution in [0.2, 0.25) is 0 Å². The summed E-state index contributed by atoms with van der Waals surface area (Å²) in [6.07, 6.45) is 4.77. The Hall–Kier alpha value is -1.27. The first kappa shape index (κ1) is 15.1. The minimum Gasteiger partial charge on any atom is -0.397 e. The van der Waals surface area contributed by atoms with Gasteiger partial charge in [-0.3, -0.25) is 0 Å². The van der Waals surface area contributed by atoms with Crippen molar-refractivity contribution in [3.05, 3.63) is 18.2 Å². The molecule has 0 heterocycles. The van der Waals surface area contributed by atoms with Crippen LogP contribution in [0.3, 0.4) is 0 Å². The highest BCUT2D eigenvalue weighted by molar-refractivity contribution is 7.89. The van der Waals surface area contributed by atoms with E-state index in [0.29, 0.717) is 23.3 Å². The highest BCUT2D eigenvalue weighted by Gasteiger charge is 2.22. The summed E-state index contributed by atoms with van der Waals surface area (Å²) in [5.41, 5.74) is 7.25. The van der Waals surface area contributed by atoms with E-state index in [1.54, 1.807) is 12.1 Å².